The number of fused-ring (bicyclic) bond motifs is 1. The van der Waals surface area contributed by atoms with Gasteiger partial charge in [0.2, 0.25) is 5.91 Å². The van der Waals surface area contributed by atoms with E-state index in [2.05, 4.69) is 0 Å². The number of amides is 2. The monoisotopic (exact) mass is 457 g/mol. The van der Waals surface area contributed by atoms with E-state index in [0.717, 1.165) is 11.3 Å². The van der Waals surface area contributed by atoms with Gasteiger partial charge in [0.15, 0.2) is 0 Å². The van der Waals surface area contributed by atoms with Crippen molar-refractivity contribution in [1.82, 2.24) is 0 Å². The number of rotatable bonds is 5. The standard InChI is InChI=1S/C27H27N3O4/c1-18(2)26(31)28-19(3)16-25(23-14-7-8-15-24(23)28)29(21-11-5-4-6-12-21)27(32)20-10-9-13-22(17-20)30(33)34/h4-15,17-19,25H,16H2,1-3H3/t19-,25+/m1/s1. The first-order valence-electron chi connectivity index (χ1n) is 11.3. The zero-order valence-corrected chi connectivity index (χ0v) is 19.4. The average molecular weight is 458 g/mol. The molecule has 34 heavy (non-hydrogen) atoms. The number of hydrogen-bond donors (Lipinski definition) is 0. The van der Waals surface area contributed by atoms with E-state index >= 15 is 0 Å². The summed E-state index contributed by atoms with van der Waals surface area (Å²) in [6.45, 7) is 5.75. The maximum Gasteiger partial charge on any atom is 0.270 e. The van der Waals surface area contributed by atoms with Crippen molar-refractivity contribution in [1.29, 1.82) is 0 Å². The van der Waals surface area contributed by atoms with E-state index in [4.69, 9.17) is 0 Å². The van der Waals surface area contributed by atoms with Gasteiger partial charge >= 0.3 is 0 Å². The third kappa shape index (κ3) is 4.29. The number of nitro benzene ring substituents is 1. The lowest BCUT2D eigenvalue weighted by Crippen LogP contribution is -2.49. The molecule has 0 unspecified atom stereocenters. The molecule has 0 bridgehead atoms. The van der Waals surface area contributed by atoms with Gasteiger partial charge in [0.1, 0.15) is 0 Å². The Bertz CT molecular complexity index is 1230. The zero-order chi connectivity index (χ0) is 24.4. The van der Waals surface area contributed by atoms with Gasteiger partial charge in [0.05, 0.1) is 11.0 Å². The summed E-state index contributed by atoms with van der Waals surface area (Å²) in [5.74, 6) is -0.455. The molecule has 3 aromatic rings. The Hall–Kier alpha value is -4.00. The highest BCUT2D eigenvalue weighted by Crippen LogP contribution is 2.43. The molecular weight excluding hydrogens is 430 g/mol. The minimum absolute atomic E-state index is 0.0367. The van der Waals surface area contributed by atoms with E-state index < -0.39 is 4.92 Å². The highest BCUT2D eigenvalue weighted by molar-refractivity contribution is 6.07. The topological polar surface area (TPSA) is 83.8 Å². The first-order chi connectivity index (χ1) is 16.3. The molecule has 0 fully saturated rings. The smallest absolute Gasteiger partial charge is 0.270 e. The molecule has 4 rings (SSSR count). The fourth-order valence-electron chi connectivity index (χ4n) is 4.56. The second-order valence-electron chi connectivity index (χ2n) is 8.84. The van der Waals surface area contributed by atoms with Gasteiger partial charge in [-0.25, -0.2) is 0 Å². The molecule has 0 saturated heterocycles. The molecule has 1 aliphatic rings. The first kappa shape index (κ1) is 23.2. The molecule has 7 heteroatoms. The zero-order valence-electron chi connectivity index (χ0n) is 19.4. The van der Waals surface area contributed by atoms with Crippen LogP contribution in [0, 0.1) is 16.0 Å². The second kappa shape index (κ2) is 9.47. The van der Waals surface area contributed by atoms with E-state index in [-0.39, 0.29) is 41.1 Å². The van der Waals surface area contributed by atoms with Crippen molar-refractivity contribution in [3.8, 4) is 0 Å². The van der Waals surface area contributed by atoms with Gasteiger partial charge in [0.25, 0.3) is 11.6 Å². The van der Waals surface area contributed by atoms with Crippen molar-refractivity contribution in [2.24, 2.45) is 5.92 Å². The van der Waals surface area contributed by atoms with Crippen molar-refractivity contribution in [2.45, 2.75) is 39.3 Å². The molecule has 0 spiro atoms. The van der Waals surface area contributed by atoms with Crippen LogP contribution in [-0.2, 0) is 4.79 Å². The van der Waals surface area contributed by atoms with Crippen LogP contribution in [0.4, 0.5) is 17.1 Å². The molecule has 0 aromatic heterocycles. The largest absolute Gasteiger partial charge is 0.309 e. The van der Waals surface area contributed by atoms with E-state index in [9.17, 15) is 19.7 Å². The van der Waals surface area contributed by atoms with Crippen molar-refractivity contribution < 1.29 is 14.5 Å². The fraction of sp³-hybridized carbons (Fsp3) is 0.259. The van der Waals surface area contributed by atoms with Crippen LogP contribution in [-0.4, -0.2) is 22.8 Å². The summed E-state index contributed by atoms with van der Waals surface area (Å²) in [7, 11) is 0. The third-order valence-corrected chi connectivity index (χ3v) is 6.16. The lowest BCUT2D eigenvalue weighted by Gasteiger charge is -2.44. The molecule has 2 atom stereocenters. The number of anilines is 2. The molecule has 0 N–H and O–H groups in total. The number of carbonyl (C=O) groups excluding carboxylic acids is 2. The molecule has 3 aromatic carbocycles. The summed E-state index contributed by atoms with van der Waals surface area (Å²) in [5.41, 5.74) is 2.46. The summed E-state index contributed by atoms with van der Waals surface area (Å²) in [6.07, 6.45) is 0.533. The lowest BCUT2D eigenvalue weighted by molar-refractivity contribution is -0.384. The van der Waals surface area contributed by atoms with Crippen LogP contribution < -0.4 is 9.80 Å². The Morgan fingerprint density at radius 3 is 2.35 bits per heavy atom. The molecule has 1 heterocycles. The Morgan fingerprint density at radius 1 is 1.00 bits per heavy atom. The SMILES string of the molecule is CC(C)C(=O)N1c2ccccc2[C@@H](N(C(=O)c2cccc([N+](=O)[O-])c2)c2ccccc2)C[C@H]1C. The van der Waals surface area contributed by atoms with Crippen molar-refractivity contribution in [2.75, 3.05) is 9.80 Å². The minimum atomic E-state index is -0.503. The van der Waals surface area contributed by atoms with Gasteiger partial charge in [0, 0.05) is 41.0 Å². The number of non-ortho nitro benzene ring substituents is 1. The molecule has 7 nitrogen and oxygen atoms in total. The van der Waals surface area contributed by atoms with Crippen LogP contribution in [0.25, 0.3) is 0 Å². The van der Waals surface area contributed by atoms with Crippen molar-refractivity contribution in [3.05, 3.63) is 100 Å². The lowest BCUT2D eigenvalue weighted by atomic mass is 9.88. The van der Waals surface area contributed by atoms with E-state index in [1.165, 1.54) is 18.2 Å². The number of hydrogen-bond acceptors (Lipinski definition) is 4. The van der Waals surface area contributed by atoms with Crippen molar-refractivity contribution in [3.63, 3.8) is 0 Å². The number of nitrogens with zero attached hydrogens (tertiary/aromatic N) is 3. The predicted octanol–water partition coefficient (Wildman–Crippen LogP) is 5.76. The molecule has 174 valence electrons. The highest BCUT2D eigenvalue weighted by Gasteiger charge is 2.39. The van der Waals surface area contributed by atoms with Gasteiger partial charge in [-0.15, -0.1) is 0 Å². The summed E-state index contributed by atoms with van der Waals surface area (Å²) in [5, 5.41) is 11.3. The van der Waals surface area contributed by atoms with Crippen LogP contribution >= 0.6 is 0 Å². The molecule has 0 aliphatic carbocycles. The van der Waals surface area contributed by atoms with Gasteiger partial charge in [-0.05, 0) is 43.2 Å². The molecule has 0 radical (unpaired) electrons. The van der Waals surface area contributed by atoms with Gasteiger partial charge in [-0.1, -0.05) is 56.3 Å². The van der Waals surface area contributed by atoms with E-state index in [0.29, 0.717) is 12.1 Å². The normalized spacial score (nSPS) is 17.2. The van der Waals surface area contributed by atoms with Crippen LogP contribution in [0.15, 0.2) is 78.9 Å². The highest BCUT2D eigenvalue weighted by atomic mass is 16.6. The Balaban J connectivity index is 1.85. The number of nitro groups is 1. The van der Waals surface area contributed by atoms with Gasteiger partial charge < -0.3 is 9.80 Å². The minimum Gasteiger partial charge on any atom is -0.309 e. The predicted molar refractivity (Wildman–Crippen MR) is 132 cm³/mol. The average Bonchev–Trinajstić information content (AvgIpc) is 2.84. The molecule has 0 saturated carbocycles. The summed E-state index contributed by atoms with van der Waals surface area (Å²) < 4.78 is 0. The van der Waals surface area contributed by atoms with E-state index in [1.807, 2.05) is 80.3 Å². The molecular formula is C27H27N3O4. The van der Waals surface area contributed by atoms with Gasteiger partial charge in [-0.2, -0.15) is 0 Å². The maximum absolute atomic E-state index is 13.9. The quantitative estimate of drug-likeness (QED) is 0.360. The summed E-state index contributed by atoms with van der Waals surface area (Å²) in [6, 6.07) is 22.3. The van der Waals surface area contributed by atoms with E-state index in [1.54, 1.807) is 11.0 Å². The van der Waals surface area contributed by atoms with Gasteiger partial charge in [-0.3, -0.25) is 19.7 Å². The second-order valence-corrected chi connectivity index (χ2v) is 8.84. The molecule has 2 amide bonds. The Morgan fingerprint density at radius 2 is 1.68 bits per heavy atom. The Kier molecular flexibility index (Phi) is 6.45. The van der Waals surface area contributed by atoms with Crippen LogP contribution in [0.3, 0.4) is 0 Å². The number of carbonyl (C=O) groups is 2. The fourth-order valence-corrected chi connectivity index (χ4v) is 4.56. The van der Waals surface area contributed by atoms with Crippen LogP contribution in [0.2, 0.25) is 0 Å². The first-order valence-corrected chi connectivity index (χ1v) is 11.3. The Labute approximate surface area is 198 Å². The molecule has 1 aliphatic heterocycles. The summed E-state index contributed by atoms with van der Waals surface area (Å²) in [4.78, 5) is 41.3. The van der Waals surface area contributed by atoms with Crippen molar-refractivity contribution >= 4 is 28.9 Å². The summed E-state index contributed by atoms with van der Waals surface area (Å²) >= 11 is 0. The van der Waals surface area contributed by atoms with Crippen LogP contribution in [0.1, 0.15) is 49.2 Å². The number of para-hydroxylation sites is 2. The third-order valence-electron chi connectivity index (χ3n) is 6.16. The number of benzene rings is 3. The van der Waals surface area contributed by atoms with Crippen LogP contribution in [0.5, 0.6) is 0 Å². The maximum atomic E-state index is 13.9.